The first-order valence-corrected chi connectivity index (χ1v) is 13.4. The standard InChI is InChI=1S/C24H27F2N7O4S/c1-17(16-34)30-9-11-32(12-10-30)38(35,36)33(20-5-3-2-4-6-20)15-19-14-31-8-7-18(13-21(31)27-19)23-28-29-24(37-23)22(25)26/h2-8,13-14,17,22,34H,9-12,15-16H2,1H3. The minimum atomic E-state index is -3.90. The summed E-state index contributed by atoms with van der Waals surface area (Å²) in [6.07, 6.45) is 0.505. The van der Waals surface area contributed by atoms with E-state index in [2.05, 4.69) is 20.1 Å². The van der Waals surface area contributed by atoms with Gasteiger partial charge in [0, 0.05) is 50.2 Å². The van der Waals surface area contributed by atoms with Crippen LogP contribution in [-0.2, 0) is 16.8 Å². The summed E-state index contributed by atoms with van der Waals surface area (Å²) in [7, 11) is -3.90. The van der Waals surface area contributed by atoms with E-state index in [0.29, 0.717) is 48.8 Å². The Bertz CT molecular complexity index is 1490. The van der Waals surface area contributed by atoms with Crippen molar-refractivity contribution in [3.8, 4) is 11.5 Å². The van der Waals surface area contributed by atoms with Crippen LogP contribution < -0.4 is 4.31 Å². The van der Waals surface area contributed by atoms with Gasteiger partial charge in [0.25, 0.3) is 5.89 Å². The number of fused-ring (bicyclic) bond motifs is 1. The zero-order valence-corrected chi connectivity index (χ0v) is 21.4. The van der Waals surface area contributed by atoms with Gasteiger partial charge in [-0.15, -0.1) is 10.2 Å². The summed E-state index contributed by atoms with van der Waals surface area (Å²) < 4.78 is 62.8. The third kappa shape index (κ3) is 5.25. The molecule has 1 fully saturated rings. The van der Waals surface area contributed by atoms with Gasteiger partial charge >= 0.3 is 16.6 Å². The first-order chi connectivity index (χ1) is 18.3. The van der Waals surface area contributed by atoms with Crippen LogP contribution in [0.5, 0.6) is 0 Å². The SMILES string of the molecule is CC(CO)N1CCN(S(=O)(=O)N(Cc2cn3ccc(-c4nnc(C(F)F)o4)cc3n2)c2ccccc2)CC1. The first kappa shape index (κ1) is 26.2. The molecule has 0 saturated carbocycles. The third-order valence-corrected chi connectivity index (χ3v) is 8.41. The number of nitrogens with zero attached hydrogens (tertiary/aromatic N) is 7. The summed E-state index contributed by atoms with van der Waals surface area (Å²) in [6, 6.07) is 12.0. The maximum absolute atomic E-state index is 13.8. The van der Waals surface area contributed by atoms with E-state index in [9.17, 15) is 22.3 Å². The molecule has 0 radical (unpaired) electrons. The largest absolute Gasteiger partial charge is 0.415 e. The van der Waals surface area contributed by atoms with Gasteiger partial charge in [0.15, 0.2) is 0 Å². The molecule has 1 unspecified atom stereocenters. The van der Waals surface area contributed by atoms with Crippen LogP contribution in [0.1, 0.15) is 24.9 Å². The number of hydrogen-bond acceptors (Lipinski definition) is 8. The zero-order valence-electron chi connectivity index (χ0n) is 20.6. The molecule has 0 spiro atoms. The fraction of sp³-hybridized carbons (Fsp3) is 0.375. The van der Waals surface area contributed by atoms with Gasteiger partial charge in [-0.3, -0.25) is 9.21 Å². The van der Waals surface area contributed by atoms with E-state index in [1.54, 1.807) is 53.2 Å². The molecule has 5 rings (SSSR count). The van der Waals surface area contributed by atoms with E-state index in [1.165, 1.54) is 8.61 Å². The molecule has 38 heavy (non-hydrogen) atoms. The van der Waals surface area contributed by atoms with Gasteiger partial charge < -0.3 is 13.9 Å². The Hall–Kier alpha value is -3.46. The molecular formula is C24H27F2N7O4S. The molecule has 1 N–H and O–H groups in total. The van der Waals surface area contributed by atoms with Crippen molar-refractivity contribution in [3.63, 3.8) is 0 Å². The van der Waals surface area contributed by atoms with Gasteiger partial charge in [0.05, 0.1) is 24.5 Å². The van der Waals surface area contributed by atoms with Gasteiger partial charge in [0.2, 0.25) is 5.89 Å². The highest BCUT2D eigenvalue weighted by Crippen LogP contribution is 2.26. The average molecular weight is 548 g/mol. The lowest BCUT2D eigenvalue weighted by Gasteiger charge is -2.39. The average Bonchev–Trinajstić information content (AvgIpc) is 3.59. The molecule has 0 bridgehead atoms. The van der Waals surface area contributed by atoms with Gasteiger partial charge in [0.1, 0.15) is 5.65 Å². The number of aliphatic hydroxyl groups excluding tert-OH is 1. The number of imidazole rings is 1. The molecular weight excluding hydrogens is 520 g/mol. The fourth-order valence-electron chi connectivity index (χ4n) is 4.36. The highest BCUT2D eigenvalue weighted by atomic mass is 32.2. The quantitative estimate of drug-likeness (QED) is 0.340. The Labute approximate surface area is 218 Å². The van der Waals surface area contributed by atoms with E-state index < -0.39 is 22.5 Å². The van der Waals surface area contributed by atoms with Crippen molar-refractivity contribution in [2.24, 2.45) is 0 Å². The molecule has 14 heteroatoms. The molecule has 1 aliphatic heterocycles. The minimum absolute atomic E-state index is 0.0123. The fourth-order valence-corrected chi connectivity index (χ4v) is 5.95. The van der Waals surface area contributed by atoms with Crippen LogP contribution in [0.2, 0.25) is 0 Å². The Balaban J connectivity index is 1.41. The predicted octanol–water partition coefficient (Wildman–Crippen LogP) is 2.57. The van der Waals surface area contributed by atoms with Crippen LogP contribution in [0.3, 0.4) is 0 Å². The number of piperazine rings is 1. The van der Waals surface area contributed by atoms with Crippen LogP contribution in [0.15, 0.2) is 59.3 Å². The summed E-state index contributed by atoms with van der Waals surface area (Å²) >= 11 is 0. The summed E-state index contributed by atoms with van der Waals surface area (Å²) in [4.78, 5) is 6.64. The van der Waals surface area contributed by atoms with Gasteiger partial charge in [-0.25, -0.2) is 4.98 Å². The van der Waals surface area contributed by atoms with Crippen LogP contribution in [-0.4, -0.2) is 81.1 Å². The number of benzene rings is 1. The number of hydrogen-bond donors (Lipinski definition) is 1. The van der Waals surface area contributed by atoms with Crippen LogP contribution in [0, 0.1) is 0 Å². The van der Waals surface area contributed by atoms with Crippen molar-refractivity contribution >= 4 is 21.5 Å². The van der Waals surface area contributed by atoms with Crippen molar-refractivity contribution in [2.75, 3.05) is 37.1 Å². The molecule has 1 atom stereocenters. The van der Waals surface area contributed by atoms with Gasteiger partial charge in [-0.1, -0.05) is 18.2 Å². The van der Waals surface area contributed by atoms with Crippen LogP contribution >= 0.6 is 0 Å². The second-order valence-electron chi connectivity index (χ2n) is 8.98. The Morgan fingerprint density at radius 1 is 1.11 bits per heavy atom. The maximum Gasteiger partial charge on any atom is 0.314 e. The zero-order chi connectivity index (χ0) is 26.9. The molecule has 0 aliphatic carbocycles. The molecule has 4 heterocycles. The first-order valence-electron chi connectivity index (χ1n) is 12.0. The monoisotopic (exact) mass is 547 g/mol. The van der Waals surface area contributed by atoms with Crippen molar-refractivity contribution in [3.05, 3.63) is 66.4 Å². The smallest absolute Gasteiger partial charge is 0.314 e. The second-order valence-corrected chi connectivity index (χ2v) is 10.8. The van der Waals surface area contributed by atoms with E-state index in [-0.39, 0.29) is 25.1 Å². The van der Waals surface area contributed by atoms with E-state index in [1.807, 2.05) is 13.0 Å². The van der Waals surface area contributed by atoms with Crippen LogP contribution in [0.25, 0.3) is 17.1 Å². The number of para-hydroxylation sites is 1. The summed E-state index contributed by atoms with van der Waals surface area (Å²) in [5, 5.41) is 16.5. The Kier molecular flexibility index (Phi) is 7.38. The molecule has 4 aromatic rings. The molecule has 11 nitrogen and oxygen atoms in total. The number of halogens is 2. The van der Waals surface area contributed by atoms with Gasteiger partial charge in [-0.05, 0) is 31.2 Å². The highest BCUT2D eigenvalue weighted by molar-refractivity contribution is 7.90. The maximum atomic E-state index is 13.8. The van der Waals surface area contributed by atoms with E-state index >= 15 is 0 Å². The van der Waals surface area contributed by atoms with Crippen LogP contribution in [0.4, 0.5) is 14.5 Å². The molecule has 1 aliphatic rings. The molecule has 1 aromatic carbocycles. The lowest BCUT2D eigenvalue weighted by Crippen LogP contribution is -2.55. The lowest BCUT2D eigenvalue weighted by atomic mass is 10.2. The molecule has 3 aromatic heterocycles. The normalized spacial score (nSPS) is 16.3. The number of aliphatic hydroxyl groups is 1. The second kappa shape index (κ2) is 10.7. The number of pyridine rings is 1. The third-order valence-electron chi connectivity index (χ3n) is 6.50. The number of alkyl halides is 2. The summed E-state index contributed by atoms with van der Waals surface area (Å²) in [6.45, 7) is 3.54. The van der Waals surface area contributed by atoms with E-state index in [4.69, 9.17) is 4.42 Å². The van der Waals surface area contributed by atoms with Gasteiger partial charge in [-0.2, -0.15) is 21.5 Å². The van der Waals surface area contributed by atoms with Crippen molar-refractivity contribution in [1.29, 1.82) is 0 Å². The minimum Gasteiger partial charge on any atom is -0.415 e. The van der Waals surface area contributed by atoms with E-state index in [0.717, 1.165) is 0 Å². The highest BCUT2D eigenvalue weighted by Gasteiger charge is 2.34. The number of aromatic nitrogens is 4. The number of anilines is 1. The topological polar surface area (TPSA) is 120 Å². The molecule has 202 valence electrons. The lowest BCUT2D eigenvalue weighted by molar-refractivity contribution is 0.100. The number of rotatable bonds is 9. The predicted molar refractivity (Wildman–Crippen MR) is 135 cm³/mol. The van der Waals surface area contributed by atoms with Crippen molar-refractivity contribution in [2.45, 2.75) is 25.9 Å². The summed E-state index contributed by atoms with van der Waals surface area (Å²) in [5.41, 5.74) is 1.87. The molecule has 1 saturated heterocycles. The Morgan fingerprint density at radius 2 is 1.84 bits per heavy atom. The summed E-state index contributed by atoms with van der Waals surface area (Å²) in [5.74, 6) is -0.824. The van der Waals surface area contributed by atoms with Crippen molar-refractivity contribution < 1.29 is 26.7 Å². The van der Waals surface area contributed by atoms with Crippen molar-refractivity contribution in [1.82, 2.24) is 28.8 Å². The molecule has 0 amide bonds. The Morgan fingerprint density at radius 3 is 2.50 bits per heavy atom.